The summed E-state index contributed by atoms with van der Waals surface area (Å²) in [5, 5.41) is 17.9. The van der Waals surface area contributed by atoms with Crippen LogP contribution < -0.4 is 29.5 Å². The minimum Gasteiger partial charge on any atom is -1.00 e. The van der Waals surface area contributed by atoms with Gasteiger partial charge in [0.25, 0.3) is 0 Å². The molecule has 9 nitrogen and oxygen atoms in total. The number of fused-ring (bicyclic) bond motifs is 4. The van der Waals surface area contributed by atoms with E-state index in [-0.39, 0.29) is 43.4 Å². The largest absolute Gasteiger partial charge is 1.00 e. The second-order valence-electron chi connectivity index (χ2n) is 16.6. The number of aryl methyl sites for hydroxylation is 4. The minimum absolute atomic E-state index is 0. The number of aliphatic hydroxyl groups is 1. The number of anilines is 2. The van der Waals surface area contributed by atoms with Gasteiger partial charge in [0, 0.05) is 79.4 Å². The molecule has 348 valence electrons. The Bertz CT molecular complexity index is 2630. The summed E-state index contributed by atoms with van der Waals surface area (Å²) in [6, 6.07) is 16.3. The standard InChI is InChI=1S/C24H25F2N3O.C24H23F2N3O.C4H8O.Al.Li.4H/c2*25-21-13-18-12-16(15-28-23(18)14-22(21)26)7-10-20(30)6-2-1-5-19-9-8-17-4-3-11-27-24(17)29-19;1-2-4-5-3-1;;;;;;/h7-10,12-15,20,30H,1-6,11H2,(H,27,29);7-10,12-15H,1-6,11H2,(H,27,29);1-4H2;;;;;;/q;;;;+1;;;;-1/b2*10-7+;;;;;;;. The molecular formula is C52H60AlF4LiN6O3. The summed E-state index contributed by atoms with van der Waals surface area (Å²) in [6.07, 6.45) is 22.6. The number of hydrogen-bond donors (Lipinski definition) is 3. The van der Waals surface area contributed by atoms with Gasteiger partial charge in [0.15, 0.2) is 46.4 Å². The molecular weight excluding hydrogens is 867 g/mol. The van der Waals surface area contributed by atoms with E-state index in [1.165, 1.54) is 30.0 Å². The summed E-state index contributed by atoms with van der Waals surface area (Å²) in [5.74, 6) is -1.58. The zero-order chi connectivity index (χ0) is 45.4. The van der Waals surface area contributed by atoms with Crippen LogP contribution >= 0.6 is 0 Å². The van der Waals surface area contributed by atoms with E-state index in [4.69, 9.17) is 9.72 Å². The molecule has 1 unspecified atom stereocenters. The zero-order valence-electron chi connectivity index (χ0n) is 38.6. The van der Waals surface area contributed by atoms with Crippen LogP contribution in [0.4, 0.5) is 29.2 Å². The number of hydrogen-bond acceptors (Lipinski definition) is 9. The molecule has 6 aromatic rings. The maximum Gasteiger partial charge on any atom is 1.00 e. The number of nitrogens with one attached hydrogen (secondary N) is 2. The number of carbonyl (C=O) groups excluding carboxylic acids is 1. The molecule has 1 fully saturated rings. The van der Waals surface area contributed by atoms with E-state index in [0.717, 1.165) is 143 Å². The number of allylic oxidation sites excluding steroid dienone is 1. The van der Waals surface area contributed by atoms with Crippen LogP contribution in [0.25, 0.3) is 34.0 Å². The molecule has 4 aromatic heterocycles. The van der Waals surface area contributed by atoms with Crippen molar-refractivity contribution in [1.29, 1.82) is 0 Å². The van der Waals surface area contributed by atoms with E-state index in [0.29, 0.717) is 40.2 Å². The minimum atomic E-state index is -0.921. The van der Waals surface area contributed by atoms with Crippen molar-refractivity contribution in [2.75, 3.05) is 36.9 Å². The number of aromatic nitrogens is 4. The molecule has 0 aliphatic carbocycles. The number of ketones is 1. The van der Waals surface area contributed by atoms with Gasteiger partial charge in [-0.3, -0.25) is 14.8 Å². The van der Waals surface area contributed by atoms with Crippen molar-refractivity contribution >= 4 is 68.7 Å². The van der Waals surface area contributed by atoms with E-state index >= 15 is 0 Å². The average Bonchev–Trinajstić information content (AvgIpc) is 3.92. The molecule has 3 N–H and O–H groups in total. The Morgan fingerprint density at radius 3 is 1.72 bits per heavy atom. The number of benzene rings is 2. The van der Waals surface area contributed by atoms with Gasteiger partial charge < -0.3 is 21.9 Å². The molecule has 2 aromatic carbocycles. The normalized spacial score (nSPS) is 14.3. The summed E-state index contributed by atoms with van der Waals surface area (Å²) in [4.78, 5) is 29.8. The average molecular weight is 927 g/mol. The van der Waals surface area contributed by atoms with Crippen LogP contribution in [-0.4, -0.2) is 80.6 Å². The third-order valence-corrected chi connectivity index (χ3v) is 11.5. The van der Waals surface area contributed by atoms with Gasteiger partial charge in [0.05, 0.1) is 17.1 Å². The van der Waals surface area contributed by atoms with Crippen molar-refractivity contribution in [3.05, 3.63) is 142 Å². The van der Waals surface area contributed by atoms with Crippen LogP contribution in [-0.2, 0) is 35.2 Å². The van der Waals surface area contributed by atoms with Crippen LogP contribution in [0.1, 0.15) is 99.3 Å². The smallest absolute Gasteiger partial charge is 1.00 e. The molecule has 7 heterocycles. The van der Waals surface area contributed by atoms with Crippen LogP contribution in [0, 0.1) is 23.3 Å². The number of halogens is 4. The van der Waals surface area contributed by atoms with Crippen LogP contribution in [0.5, 0.6) is 0 Å². The van der Waals surface area contributed by atoms with E-state index < -0.39 is 29.4 Å². The SMILES string of the molecule is C1CCOC1.O=C(/C=C/c1cnc2cc(F)c(F)cc2c1)CCCCc1ccc2c(n1)NCCC2.OC(/C=C/c1cnc2cc(F)c(F)cc2c1)CCCCc1ccc2c(n1)NCCC2.[AlH3].[H-].[Li+]. The topological polar surface area (TPSA) is 122 Å². The van der Waals surface area contributed by atoms with Gasteiger partial charge in [-0.15, -0.1) is 0 Å². The number of nitrogens with zero attached hydrogens (tertiary/aromatic N) is 4. The van der Waals surface area contributed by atoms with Crippen LogP contribution in [0.2, 0.25) is 0 Å². The molecule has 3 aliphatic heterocycles. The van der Waals surface area contributed by atoms with Gasteiger partial charge >= 0.3 is 18.9 Å². The maximum absolute atomic E-state index is 13.4. The van der Waals surface area contributed by atoms with E-state index in [1.807, 2.05) is 0 Å². The molecule has 9 rings (SSSR count). The Balaban J connectivity index is 0.000000258. The van der Waals surface area contributed by atoms with Gasteiger partial charge in [-0.05, 0) is 148 Å². The predicted octanol–water partition coefficient (Wildman–Crippen LogP) is 7.04. The first kappa shape index (κ1) is 53.0. The van der Waals surface area contributed by atoms with Crippen molar-refractivity contribution in [2.24, 2.45) is 0 Å². The second-order valence-corrected chi connectivity index (χ2v) is 16.6. The van der Waals surface area contributed by atoms with Crippen molar-refractivity contribution in [2.45, 2.75) is 96.0 Å². The maximum atomic E-state index is 13.4. The number of aliphatic hydroxyl groups excluding tert-OH is 1. The predicted molar refractivity (Wildman–Crippen MR) is 261 cm³/mol. The summed E-state index contributed by atoms with van der Waals surface area (Å²) in [7, 11) is 0. The van der Waals surface area contributed by atoms with Crippen LogP contribution in [0.3, 0.4) is 0 Å². The first-order chi connectivity index (χ1) is 31.7. The second kappa shape index (κ2) is 27.2. The summed E-state index contributed by atoms with van der Waals surface area (Å²) in [6.45, 7) is 3.96. The fourth-order valence-corrected chi connectivity index (χ4v) is 7.84. The zero-order valence-corrected chi connectivity index (χ0v) is 37.6. The Hall–Kier alpha value is -4.92. The molecule has 15 heteroatoms. The molecule has 0 spiro atoms. The molecule has 0 bridgehead atoms. The fourth-order valence-electron chi connectivity index (χ4n) is 7.84. The number of pyridine rings is 4. The van der Waals surface area contributed by atoms with Gasteiger partial charge in [-0.25, -0.2) is 27.5 Å². The Kier molecular flexibility index (Phi) is 21.5. The van der Waals surface area contributed by atoms with E-state index in [2.05, 4.69) is 49.9 Å². The molecule has 0 saturated carbocycles. The third kappa shape index (κ3) is 16.4. The van der Waals surface area contributed by atoms with Crippen molar-refractivity contribution < 1.29 is 52.5 Å². The first-order valence-corrected chi connectivity index (χ1v) is 22.8. The Labute approximate surface area is 414 Å². The molecule has 1 saturated heterocycles. The number of unbranched alkanes of at least 4 members (excludes halogenated alkanes) is 2. The molecule has 3 aliphatic rings. The third-order valence-electron chi connectivity index (χ3n) is 11.5. The Morgan fingerprint density at radius 2 is 1.19 bits per heavy atom. The van der Waals surface area contributed by atoms with Crippen molar-refractivity contribution in [1.82, 2.24) is 19.9 Å². The van der Waals surface area contributed by atoms with E-state index in [9.17, 15) is 27.5 Å². The number of carbonyl (C=O) groups is 1. The molecule has 0 radical (unpaired) electrons. The molecule has 1 atom stereocenters. The molecule has 0 amide bonds. The summed E-state index contributed by atoms with van der Waals surface area (Å²) >= 11 is 0. The molecule has 67 heavy (non-hydrogen) atoms. The summed E-state index contributed by atoms with van der Waals surface area (Å²) < 4.78 is 58.3. The van der Waals surface area contributed by atoms with Crippen molar-refractivity contribution in [3.63, 3.8) is 0 Å². The van der Waals surface area contributed by atoms with Crippen molar-refractivity contribution in [3.8, 4) is 0 Å². The van der Waals surface area contributed by atoms with Gasteiger partial charge in [0.1, 0.15) is 11.6 Å². The number of rotatable bonds is 14. The van der Waals surface area contributed by atoms with Crippen LogP contribution in [0.15, 0.2) is 85.2 Å². The summed E-state index contributed by atoms with van der Waals surface area (Å²) in [5.41, 5.74) is 6.89. The monoisotopic (exact) mass is 926 g/mol. The van der Waals surface area contributed by atoms with Gasteiger partial charge in [0.2, 0.25) is 0 Å². The Morgan fingerprint density at radius 1 is 0.687 bits per heavy atom. The quantitative estimate of drug-likeness (QED) is 0.0457. The van der Waals surface area contributed by atoms with E-state index in [1.54, 1.807) is 42.8 Å². The van der Waals surface area contributed by atoms with Gasteiger partial charge in [-0.2, -0.15) is 0 Å². The van der Waals surface area contributed by atoms with Gasteiger partial charge in [-0.1, -0.05) is 30.7 Å². The fraction of sp³-hybridized carbons (Fsp3) is 0.365. The number of ether oxygens (including phenoxy) is 1. The first-order valence-electron chi connectivity index (χ1n) is 22.8.